The second-order valence-corrected chi connectivity index (χ2v) is 12.3. The lowest BCUT2D eigenvalue weighted by atomic mass is 10.1. The minimum Gasteiger partial charge on any atom is -0.481 e. The smallest absolute Gasteiger partial charge is 0.305 e. The topological polar surface area (TPSA) is 63.6 Å². The second kappa shape index (κ2) is 35.6. The average molecular weight is 591 g/mol. The lowest BCUT2D eigenvalue weighted by Crippen LogP contribution is -2.05. The zero-order valence-corrected chi connectivity index (χ0v) is 27.9. The van der Waals surface area contributed by atoms with Crippen molar-refractivity contribution in [1.82, 2.24) is 0 Å². The molecule has 0 aromatic heterocycles. The predicted octanol–water partition coefficient (Wildman–Crippen LogP) is 12.4. The van der Waals surface area contributed by atoms with E-state index in [1.165, 1.54) is 141 Å². The first-order valence-corrected chi connectivity index (χ1v) is 18.3. The zero-order valence-electron chi connectivity index (χ0n) is 27.9. The molecule has 0 unspecified atom stereocenters. The third-order valence-electron chi connectivity index (χ3n) is 8.10. The van der Waals surface area contributed by atoms with Gasteiger partial charge >= 0.3 is 11.9 Å². The Labute approximate surface area is 261 Å². The van der Waals surface area contributed by atoms with Crippen LogP contribution in [0.5, 0.6) is 0 Å². The van der Waals surface area contributed by atoms with Gasteiger partial charge in [0.05, 0.1) is 6.61 Å². The number of hydrogen-bond donors (Lipinski definition) is 1. The van der Waals surface area contributed by atoms with Gasteiger partial charge in [0, 0.05) is 12.8 Å². The summed E-state index contributed by atoms with van der Waals surface area (Å²) in [5, 5.41) is 8.63. The molecular weight excluding hydrogens is 520 g/mol. The van der Waals surface area contributed by atoms with Gasteiger partial charge in [-0.25, -0.2) is 0 Å². The number of carbonyl (C=O) groups excluding carboxylic acids is 1. The van der Waals surface area contributed by atoms with Gasteiger partial charge in [-0.2, -0.15) is 0 Å². The number of rotatable bonds is 34. The van der Waals surface area contributed by atoms with Crippen LogP contribution in [-0.2, 0) is 14.3 Å². The number of carboxylic acid groups (broad SMARTS) is 1. The van der Waals surface area contributed by atoms with Crippen molar-refractivity contribution in [2.24, 2.45) is 0 Å². The normalized spacial score (nSPS) is 11.6. The number of unbranched alkanes of at least 4 members (excludes halogenated alkanes) is 24. The molecule has 0 heterocycles. The van der Waals surface area contributed by atoms with Gasteiger partial charge in [-0.05, 0) is 70.6 Å². The van der Waals surface area contributed by atoms with Crippen molar-refractivity contribution in [1.29, 1.82) is 0 Å². The Hall–Kier alpha value is -1.58. The largest absolute Gasteiger partial charge is 0.481 e. The average Bonchev–Trinajstić information content (AvgIpc) is 2.98. The molecule has 0 radical (unpaired) electrons. The van der Waals surface area contributed by atoms with E-state index < -0.39 is 5.97 Å². The Bertz CT molecular complexity index is 625. The number of carboxylic acids is 1. The van der Waals surface area contributed by atoms with E-state index in [0.717, 1.165) is 38.5 Å². The summed E-state index contributed by atoms with van der Waals surface area (Å²) in [4.78, 5) is 22.4. The molecule has 0 aromatic carbocycles. The lowest BCUT2D eigenvalue weighted by Gasteiger charge is -2.05. The van der Waals surface area contributed by atoms with Gasteiger partial charge in [-0.3, -0.25) is 9.59 Å². The Morgan fingerprint density at radius 1 is 0.452 bits per heavy atom. The summed E-state index contributed by atoms with van der Waals surface area (Å²) in [6.07, 6.45) is 44.7. The summed E-state index contributed by atoms with van der Waals surface area (Å²) in [5.41, 5.74) is 0. The number of allylic oxidation sites excluding steroid dienone is 4. The maximum absolute atomic E-state index is 11.9. The van der Waals surface area contributed by atoms with Crippen molar-refractivity contribution >= 4 is 11.9 Å². The first kappa shape index (κ1) is 40.4. The van der Waals surface area contributed by atoms with E-state index in [9.17, 15) is 9.59 Å². The number of carbonyl (C=O) groups is 2. The van der Waals surface area contributed by atoms with Crippen LogP contribution in [-0.4, -0.2) is 23.7 Å². The molecule has 1 N–H and O–H groups in total. The van der Waals surface area contributed by atoms with Crippen molar-refractivity contribution < 1.29 is 19.4 Å². The molecule has 0 atom stereocenters. The molecule has 0 amide bonds. The minimum atomic E-state index is -0.670. The van der Waals surface area contributed by atoms with E-state index in [2.05, 4.69) is 31.2 Å². The van der Waals surface area contributed by atoms with Crippen molar-refractivity contribution in [3.63, 3.8) is 0 Å². The summed E-state index contributed by atoms with van der Waals surface area (Å²) < 4.78 is 5.42. The molecule has 246 valence electrons. The van der Waals surface area contributed by atoms with Gasteiger partial charge < -0.3 is 9.84 Å². The van der Waals surface area contributed by atoms with Crippen LogP contribution in [0.2, 0.25) is 0 Å². The Morgan fingerprint density at radius 3 is 1.19 bits per heavy atom. The van der Waals surface area contributed by atoms with Gasteiger partial charge in [0.25, 0.3) is 0 Å². The van der Waals surface area contributed by atoms with Crippen molar-refractivity contribution in [3.05, 3.63) is 24.3 Å². The fourth-order valence-electron chi connectivity index (χ4n) is 5.33. The quantitative estimate of drug-likeness (QED) is 0.0460. The summed E-state index contributed by atoms with van der Waals surface area (Å²) in [7, 11) is 0. The first-order valence-electron chi connectivity index (χ1n) is 18.3. The summed E-state index contributed by atoms with van der Waals surface area (Å²) in [6, 6.07) is 0. The molecule has 4 nitrogen and oxygen atoms in total. The molecule has 0 saturated carbocycles. The lowest BCUT2D eigenvalue weighted by molar-refractivity contribution is -0.144. The molecule has 0 spiro atoms. The van der Waals surface area contributed by atoms with Crippen molar-refractivity contribution in [3.8, 4) is 0 Å². The standard InChI is InChI=1S/C38H70O4/c1-2-3-4-5-6-7-8-9-13-17-20-23-26-29-32-35-38(41)42-36-33-30-27-24-21-18-15-12-10-11-14-16-19-22-25-28-31-34-37(39)40/h9,12-13,15H,2-8,10-11,14,16-36H2,1H3,(H,39,40)/b13-9-,15-12-. The molecule has 42 heavy (non-hydrogen) atoms. The molecule has 4 heteroatoms. The van der Waals surface area contributed by atoms with E-state index in [4.69, 9.17) is 9.84 Å². The Balaban J connectivity index is 3.24. The molecule has 0 aliphatic carbocycles. The van der Waals surface area contributed by atoms with E-state index in [0.29, 0.717) is 19.4 Å². The summed E-state index contributed by atoms with van der Waals surface area (Å²) >= 11 is 0. The van der Waals surface area contributed by atoms with Gasteiger partial charge in [0.15, 0.2) is 0 Å². The highest BCUT2D eigenvalue weighted by molar-refractivity contribution is 5.69. The maximum atomic E-state index is 11.9. The molecule has 0 bridgehead atoms. The van der Waals surface area contributed by atoms with E-state index in [1.54, 1.807) is 0 Å². The summed E-state index contributed by atoms with van der Waals surface area (Å²) in [6.45, 7) is 2.86. The fraction of sp³-hybridized carbons (Fsp3) is 0.842. The second-order valence-electron chi connectivity index (χ2n) is 12.3. The van der Waals surface area contributed by atoms with Crippen LogP contribution in [0, 0.1) is 0 Å². The zero-order chi connectivity index (χ0) is 30.6. The highest BCUT2D eigenvalue weighted by Crippen LogP contribution is 2.13. The predicted molar refractivity (Wildman–Crippen MR) is 181 cm³/mol. The maximum Gasteiger partial charge on any atom is 0.305 e. The van der Waals surface area contributed by atoms with Crippen molar-refractivity contribution in [2.75, 3.05) is 6.61 Å². The van der Waals surface area contributed by atoms with Gasteiger partial charge in [-0.15, -0.1) is 0 Å². The minimum absolute atomic E-state index is 0.00857. The van der Waals surface area contributed by atoms with Crippen molar-refractivity contribution in [2.45, 2.75) is 200 Å². The molecule has 0 aliphatic rings. The highest BCUT2D eigenvalue weighted by Gasteiger charge is 2.02. The molecule has 0 saturated heterocycles. The van der Waals surface area contributed by atoms with Gasteiger partial charge in [-0.1, -0.05) is 140 Å². The number of esters is 1. The Morgan fingerprint density at radius 2 is 0.786 bits per heavy atom. The third-order valence-corrected chi connectivity index (χ3v) is 8.10. The van der Waals surface area contributed by atoms with Crippen LogP contribution in [0.25, 0.3) is 0 Å². The van der Waals surface area contributed by atoms with Crippen LogP contribution in [0.3, 0.4) is 0 Å². The van der Waals surface area contributed by atoms with E-state index in [1.807, 2.05) is 0 Å². The monoisotopic (exact) mass is 591 g/mol. The molecule has 0 aliphatic heterocycles. The van der Waals surface area contributed by atoms with E-state index >= 15 is 0 Å². The number of ether oxygens (including phenoxy) is 1. The van der Waals surface area contributed by atoms with Crippen LogP contribution >= 0.6 is 0 Å². The Kier molecular flexibility index (Phi) is 34.3. The number of hydrogen-bond acceptors (Lipinski definition) is 3. The first-order chi connectivity index (χ1) is 20.7. The van der Waals surface area contributed by atoms with Gasteiger partial charge in [0.2, 0.25) is 0 Å². The fourth-order valence-corrected chi connectivity index (χ4v) is 5.33. The van der Waals surface area contributed by atoms with Crippen LogP contribution < -0.4 is 0 Å². The van der Waals surface area contributed by atoms with E-state index in [-0.39, 0.29) is 5.97 Å². The third kappa shape index (κ3) is 36.4. The van der Waals surface area contributed by atoms with Gasteiger partial charge in [0.1, 0.15) is 0 Å². The summed E-state index contributed by atoms with van der Waals surface area (Å²) in [5.74, 6) is -0.678. The highest BCUT2D eigenvalue weighted by atomic mass is 16.5. The molecule has 0 rings (SSSR count). The van der Waals surface area contributed by atoms with Crippen LogP contribution in [0.15, 0.2) is 24.3 Å². The molecule has 0 fully saturated rings. The number of aliphatic carboxylic acids is 1. The van der Waals surface area contributed by atoms with Crippen LogP contribution in [0.1, 0.15) is 200 Å². The molecular formula is C38H70O4. The molecule has 0 aromatic rings. The SMILES string of the molecule is CCCCCCCC/C=C\CCCCCCCC(=O)OCCCCCCC/C=C\CCCCCCCCCCC(=O)O. The van der Waals surface area contributed by atoms with Crippen LogP contribution in [0.4, 0.5) is 0 Å².